The fourth-order valence-electron chi connectivity index (χ4n) is 1.69. The van der Waals surface area contributed by atoms with Crippen LogP contribution in [-0.2, 0) is 9.59 Å². The fourth-order valence-corrected chi connectivity index (χ4v) is 1.69. The standard InChI is InChI=1S/C14H11NO4/c1-8-6-11(16)7-12(13(8)17)15-10-4-2-9(3-5-10)14(18)19/h2-7,15H,1H3,(H,18,19). The molecule has 0 unspecified atom stereocenters. The molecule has 5 nitrogen and oxygen atoms in total. The number of rotatable bonds is 3. The van der Waals surface area contributed by atoms with Crippen LogP contribution in [0.3, 0.4) is 0 Å². The Morgan fingerprint density at radius 1 is 1.11 bits per heavy atom. The van der Waals surface area contributed by atoms with Gasteiger partial charge in [0.25, 0.3) is 0 Å². The quantitative estimate of drug-likeness (QED) is 0.806. The van der Waals surface area contributed by atoms with Crippen LogP contribution in [0, 0.1) is 0 Å². The van der Waals surface area contributed by atoms with Crippen LogP contribution in [0.15, 0.2) is 47.7 Å². The predicted octanol–water partition coefficient (Wildman–Crippen LogP) is 1.78. The molecule has 0 saturated carbocycles. The highest BCUT2D eigenvalue weighted by atomic mass is 16.4. The molecule has 2 rings (SSSR count). The van der Waals surface area contributed by atoms with Gasteiger partial charge in [-0.1, -0.05) is 0 Å². The maximum Gasteiger partial charge on any atom is 0.335 e. The van der Waals surface area contributed by atoms with Crippen LogP contribution in [0.2, 0.25) is 0 Å². The Morgan fingerprint density at radius 3 is 2.32 bits per heavy atom. The van der Waals surface area contributed by atoms with Crippen LogP contribution >= 0.6 is 0 Å². The van der Waals surface area contributed by atoms with E-state index in [1.165, 1.54) is 36.4 Å². The summed E-state index contributed by atoms with van der Waals surface area (Å²) in [5, 5.41) is 11.6. The Kier molecular flexibility index (Phi) is 3.29. The van der Waals surface area contributed by atoms with Gasteiger partial charge in [0.15, 0.2) is 5.78 Å². The lowest BCUT2D eigenvalue weighted by atomic mass is 10.0. The van der Waals surface area contributed by atoms with E-state index in [0.717, 1.165) is 0 Å². The third-order valence-corrected chi connectivity index (χ3v) is 2.66. The summed E-state index contributed by atoms with van der Waals surface area (Å²) in [5.41, 5.74) is 1.26. The van der Waals surface area contributed by atoms with Crippen LogP contribution < -0.4 is 5.32 Å². The number of hydrogen-bond donors (Lipinski definition) is 2. The first-order chi connectivity index (χ1) is 8.97. The number of carbonyl (C=O) groups is 3. The third kappa shape index (κ3) is 2.77. The van der Waals surface area contributed by atoms with Gasteiger partial charge >= 0.3 is 5.97 Å². The van der Waals surface area contributed by atoms with E-state index in [9.17, 15) is 14.4 Å². The second-order valence-corrected chi connectivity index (χ2v) is 4.12. The number of ketones is 2. The normalized spacial score (nSPS) is 14.8. The Balaban J connectivity index is 2.20. The average Bonchev–Trinajstić information content (AvgIpc) is 2.36. The van der Waals surface area contributed by atoms with Crippen molar-refractivity contribution in [3.63, 3.8) is 0 Å². The van der Waals surface area contributed by atoms with E-state index >= 15 is 0 Å². The van der Waals surface area contributed by atoms with Gasteiger partial charge in [0.05, 0.1) is 11.3 Å². The Morgan fingerprint density at radius 2 is 1.74 bits per heavy atom. The van der Waals surface area contributed by atoms with E-state index < -0.39 is 5.97 Å². The highest BCUT2D eigenvalue weighted by molar-refractivity contribution is 6.21. The number of aromatic carboxylic acids is 1. The minimum absolute atomic E-state index is 0.154. The van der Waals surface area contributed by atoms with E-state index in [0.29, 0.717) is 11.3 Å². The van der Waals surface area contributed by atoms with E-state index in [1.807, 2.05) is 0 Å². The molecule has 0 radical (unpaired) electrons. The van der Waals surface area contributed by atoms with Gasteiger partial charge in [-0.2, -0.15) is 0 Å². The molecule has 1 aromatic rings. The summed E-state index contributed by atoms with van der Waals surface area (Å²) < 4.78 is 0. The van der Waals surface area contributed by atoms with E-state index in [-0.39, 0.29) is 22.8 Å². The lowest BCUT2D eigenvalue weighted by molar-refractivity contribution is -0.115. The van der Waals surface area contributed by atoms with Crippen LogP contribution in [0.4, 0.5) is 5.69 Å². The second kappa shape index (κ2) is 4.89. The molecule has 96 valence electrons. The topological polar surface area (TPSA) is 83.5 Å². The molecule has 0 bridgehead atoms. The van der Waals surface area contributed by atoms with Crippen molar-refractivity contribution in [2.75, 3.05) is 5.32 Å². The molecular formula is C14H11NO4. The molecule has 2 N–H and O–H groups in total. The van der Waals surface area contributed by atoms with Crippen molar-refractivity contribution >= 4 is 23.2 Å². The van der Waals surface area contributed by atoms with Crippen molar-refractivity contribution in [1.29, 1.82) is 0 Å². The van der Waals surface area contributed by atoms with Crippen molar-refractivity contribution < 1.29 is 19.5 Å². The van der Waals surface area contributed by atoms with Crippen LogP contribution in [0.25, 0.3) is 0 Å². The molecular weight excluding hydrogens is 246 g/mol. The van der Waals surface area contributed by atoms with E-state index in [4.69, 9.17) is 5.11 Å². The van der Waals surface area contributed by atoms with Crippen molar-refractivity contribution in [2.45, 2.75) is 6.92 Å². The molecule has 0 aliphatic heterocycles. The maximum absolute atomic E-state index is 11.8. The van der Waals surface area contributed by atoms with Crippen LogP contribution in [-0.4, -0.2) is 22.6 Å². The Labute approximate surface area is 109 Å². The van der Waals surface area contributed by atoms with Gasteiger partial charge in [-0.25, -0.2) is 4.79 Å². The van der Waals surface area contributed by atoms with Crippen molar-refractivity contribution in [2.24, 2.45) is 0 Å². The SMILES string of the molecule is CC1=CC(=O)C=C(Nc2ccc(C(=O)O)cc2)C1=O. The molecule has 1 aliphatic carbocycles. The molecule has 0 heterocycles. The molecule has 1 aliphatic rings. The predicted molar refractivity (Wildman–Crippen MR) is 68.9 cm³/mol. The largest absolute Gasteiger partial charge is 0.478 e. The molecule has 0 spiro atoms. The summed E-state index contributed by atoms with van der Waals surface area (Å²) in [6.45, 7) is 1.57. The Bertz CT molecular complexity index is 623. The zero-order chi connectivity index (χ0) is 14.0. The minimum Gasteiger partial charge on any atom is -0.478 e. The smallest absolute Gasteiger partial charge is 0.335 e. The number of hydrogen-bond acceptors (Lipinski definition) is 4. The maximum atomic E-state index is 11.8. The molecule has 19 heavy (non-hydrogen) atoms. The summed E-state index contributed by atoms with van der Waals surface area (Å²) in [6, 6.07) is 5.91. The van der Waals surface area contributed by atoms with Gasteiger partial charge < -0.3 is 10.4 Å². The molecule has 1 aromatic carbocycles. The second-order valence-electron chi connectivity index (χ2n) is 4.12. The summed E-state index contributed by atoms with van der Waals surface area (Å²) in [4.78, 5) is 33.8. The average molecular weight is 257 g/mol. The molecule has 0 saturated heterocycles. The lowest BCUT2D eigenvalue weighted by Gasteiger charge is -2.13. The fraction of sp³-hybridized carbons (Fsp3) is 0.0714. The van der Waals surface area contributed by atoms with E-state index in [1.54, 1.807) is 6.92 Å². The number of carboxylic acids is 1. The molecule has 5 heteroatoms. The van der Waals surface area contributed by atoms with Crippen molar-refractivity contribution in [3.8, 4) is 0 Å². The highest BCUT2D eigenvalue weighted by Gasteiger charge is 2.18. The van der Waals surface area contributed by atoms with Gasteiger partial charge in [0.2, 0.25) is 5.78 Å². The number of anilines is 1. The van der Waals surface area contributed by atoms with Gasteiger partial charge in [-0.3, -0.25) is 9.59 Å². The van der Waals surface area contributed by atoms with Crippen LogP contribution in [0.5, 0.6) is 0 Å². The van der Waals surface area contributed by atoms with Crippen molar-refractivity contribution in [3.05, 3.63) is 53.3 Å². The number of Topliss-reactive ketones (excluding diaryl/α,β-unsaturated/α-hetero) is 1. The van der Waals surface area contributed by atoms with Gasteiger partial charge in [0, 0.05) is 17.3 Å². The van der Waals surface area contributed by atoms with Gasteiger partial charge in [-0.05, 0) is 37.3 Å². The van der Waals surface area contributed by atoms with Gasteiger partial charge in [0.1, 0.15) is 0 Å². The molecule has 0 atom stereocenters. The highest BCUT2D eigenvalue weighted by Crippen LogP contribution is 2.17. The number of carbonyl (C=O) groups excluding carboxylic acids is 2. The van der Waals surface area contributed by atoms with E-state index in [2.05, 4.69) is 5.32 Å². The lowest BCUT2D eigenvalue weighted by Crippen LogP contribution is -2.18. The van der Waals surface area contributed by atoms with Gasteiger partial charge in [-0.15, -0.1) is 0 Å². The van der Waals surface area contributed by atoms with Crippen LogP contribution in [0.1, 0.15) is 17.3 Å². The molecule has 0 aromatic heterocycles. The monoisotopic (exact) mass is 257 g/mol. The summed E-state index contributed by atoms with van der Waals surface area (Å²) in [5.74, 6) is -1.52. The minimum atomic E-state index is -1.02. The first-order valence-electron chi connectivity index (χ1n) is 5.56. The summed E-state index contributed by atoms with van der Waals surface area (Å²) in [6.07, 6.45) is 2.50. The first kappa shape index (κ1) is 12.8. The summed E-state index contributed by atoms with van der Waals surface area (Å²) >= 11 is 0. The number of benzene rings is 1. The molecule has 0 amide bonds. The zero-order valence-electron chi connectivity index (χ0n) is 10.1. The first-order valence-corrected chi connectivity index (χ1v) is 5.56. The van der Waals surface area contributed by atoms with Crippen molar-refractivity contribution in [1.82, 2.24) is 0 Å². The Hall–Kier alpha value is -2.69. The number of nitrogens with one attached hydrogen (secondary N) is 1. The number of allylic oxidation sites excluding steroid dienone is 3. The zero-order valence-corrected chi connectivity index (χ0v) is 10.1. The summed E-state index contributed by atoms with van der Waals surface area (Å²) in [7, 11) is 0. The molecule has 0 fully saturated rings. The third-order valence-electron chi connectivity index (χ3n) is 2.66. The number of carboxylic acid groups (broad SMARTS) is 1.